The lowest BCUT2D eigenvalue weighted by molar-refractivity contribution is 0.164. The smallest absolute Gasteiger partial charge is 0.0996 e. The quantitative estimate of drug-likeness (QED) is 0.382. The highest BCUT2D eigenvalue weighted by atomic mass is 31.1. The zero-order chi connectivity index (χ0) is 15.3. The van der Waals surface area contributed by atoms with Crippen molar-refractivity contribution in [1.29, 1.82) is 5.26 Å². The van der Waals surface area contributed by atoms with Gasteiger partial charge in [0.15, 0.2) is 0 Å². The second kappa shape index (κ2) is 11.7. The van der Waals surface area contributed by atoms with Gasteiger partial charge in [-0.1, -0.05) is 8.58 Å². The summed E-state index contributed by atoms with van der Waals surface area (Å²) < 4.78 is 10.4. The van der Waals surface area contributed by atoms with E-state index in [4.69, 9.17) is 9.47 Å². The Morgan fingerprint density at radius 1 is 1.43 bits per heavy atom. The van der Waals surface area contributed by atoms with Gasteiger partial charge < -0.3 is 14.8 Å². The standard InChI is InChI=1S/C16H27N2O2P/c1-3-20-10-11-21-16(13-17)14-6-4-7-15(12-14)18-8-5-9-19-2/h12,18,21H,3-11H2,1-2H3/b16-14+. The van der Waals surface area contributed by atoms with E-state index in [9.17, 15) is 5.26 Å². The topological polar surface area (TPSA) is 54.3 Å². The molecule has 0 heterocycles. The predicted octanol–water partition coefficient (Wildman–Crippen LogP) is 3.17. The largest absolute Gasteiger partial charge is 0.388 e. The fourth-order valence-corrected chi connectivity index (χ4v) is 3.24. The van der Waals surface area contributed by atoms with E-state index in [0.717, 1.165) is 63.5 Å². The molecule has 1 rings (SSSR count). The van der Waals surface area contributed by atoms with E-state index in [0.29, 0.717) is 8.58 Å². The van der Waals surface area contributed by atoms with Crippen LogP contribution < -0.4 is 5.32 Å². The molecule has 118 valence electrons. The summed E-state index contributed by atoms with van der Waals surface area (Å²) in [6, 6.07) is 2.39. The maximum atomic E-state index is 9.36. The van der Waals surface area contributed by atoms with Crippen LogP contribution in [-0.2, 0) is 9.47 Å². The van der Waals surface area contributed by atoms with Crippen LogP contribution in [-0.4, -0.2) is 39.6 Å². The van der Waals surface area contributed by atoms with Crippen molar-refractivity contribution in [1.82, 2.24) is 5.32 Å². The van der Waals surface area contributed by atoms with Crippen molar-refractivity contribution < 1.29 is 9.47 Å². The molecule has 1 aliphatic carbocycles. The van der Waals surface area contributed by atoms with Crippen LogP contribution in [0.1, 0.15) is 32.6 Å². The molecule has 0 aliphatic heterocycles. The first-order valence-electron chi connectivity index (χ1n) is 7.70. The van der Waals surface area contributed by atoms with Crippen molar-refractivity contribution in [2.24, 2.45) is 0 Å². The number of allylic oxidation sites excluding steroid dienone is 4. The minimum absolute atomic E-state index is 0.557. The van der Waals surface area contributed by atoms with Gasteiger partial charge in [0.05, 0.1) is 18.0 Å². The normalized spacial score (nSPS) is 17.7. The Kier molecular flexibility index (Phi) is 10.2. The molecule has 4 nitrogen and oxygen atoms in total. The van der Waals surface area contributed by atoms with Gasteiger partial charge in [0.1, 0.15) is 0 Å². The first kappa shape index (κ1) is 18.2. The second-order valence-electron chi connectivity index (χ2n) is 4.93. The maximum absolute atomic E-state index is 9.36. The van der Waals surface area contributed by atoms with Gasteiger partial charge in [0, 0.05) is 32.6 Å². The Balaban J connectivity index is 2.52. The molecule has 1 N–H and O–H groups in total. The summed E-state index contributed by atoms with van der Waals surface area (Å²) in [5.74, 6) is 0. The molecule has 0 saturated carbocycles. The molecule has 0 saturated heterocycles. The van der Waals surface area contributed by atoms with Gasteiger partial charge in [-0.05, 0) is 50.4 Å². The van der Waals surface area contributed by atoms with E-state index >= 15 is 0 Å². The van der Waals surface area contributed by atoms with Crippen LogP contribution in [0.5, 0.6) is 0 Å². The molecule has 0 bridgehead atoms. The van der Waals surface area contributed by atoms with E-state index in [1.165, 1.54) is 11.3 Å². The summed E-state index contributed by atoms with van der Waals surface area (Å²) in [4.78, 5) is 0. The van der Waals surface area contributed by atoms with Gasteiger partial charge in [-0.25, -0.2) is 0 Å². The van der Waals surface area contributed by atoms with Gasteiger partial charge in [0.25, 0.3) is 0 Å². The van der Waals surface area contributed by atoms with Gasteiger partial charge in [0.2, 0.25) is 0 Å². The number of methoxy groups -OCH3 is 1. The molecule has 21 heavy (non-hydrogen) atoms. The van der Waals surface area contributed by atoms with Gasteiger partial charge in [-0.2, -0.15) is 5.26 Å². The Bertz CT molecular complexity index is 400. The van der Waals surface area contributed by atoms with Crippen LogP contribution in [0.3, 0.4) is 0 Å². The third kappa shape index (κ3) is 7.62. The van der Waals surface area contributed by atoms with E-state index < -0.39 is 0 Å². The highest BCUT2D eigenvalue weighted by Crippen LogP contribution is 2.32. The summed E-state index contributed by atoms with van der Waals surface area (Å²) in [7, 11) is 2.28. The fraction of sp³-hybridized carbons (Fsp3) is 0.688. The number of hydrogen-bond acceptors (Lipinski definition) is 4. The van der Waals surface area contributed by atoms with Crippen molar-refractivity contribution >= 4 is 8.58 Å². The Labute approximate surface area is 130 Å². The first-order chi connectivity index (χ1) is 10.3. The molecule has 5 heteroatoms. The summed E-state index contributed by atoms with van der Waals surface area (Å²) in [6.07, 6.45) is 7.37. The average molecular weight is 310 g/mol. The number of nitriles is 1. The lowest BCUT2D eigenvalue weighted by atomic mass is 9.99. The molecule has 0 radical (unpaired) electrons. The van der Waals surface area contributed by atoms with E-state index in [1.54, 1.807) is 7.11 Å². The summed E-state index contributed by atoms with van der Waals surface area (Å²) in [6.45, 7) is 5.21. The van der Waals surface area contributed by atoms with Gasteiger partial charge in [-0.15, -0.1) is 0 Å². The monoisotopic (exact) mass is 310 g/mol. The minimum atomic E-state index is 0.557. The third-order valence-electron chi connectivity index (χ3n) is 3.30. The minimum Gasteiger partial charge on any atom is -0.388 e. The van der Waals surface area contributed by atoms with Crippen LogP contribution in [0.2, 0.25) is 0 Å². The third-order valence-corrected chi connectivity index (χ3v) is 4.54. The van der Waals surface area contributed by atoms with E-state index in [1.807, 2.05) is 6.92 Å². The van der Waals surface area contributed by atoms with Gasteiger partial charge >= 0.3 is 0 Å². The van der Waals surface area contributed by atoms with E-state index in [-0.39, 0.29) is 0 Å². The fourth-order valence-electron chi connectivity index (χ4n) is 2.24. The average Bonchev–Trinajstić information content (AvgIpc) is 2.52. The lowest BCUT2D eigenvalue weighted by Gasteiger charge is -2.18. The Hall–Kier alpha value is -0.880. The SMILES string of the molecule is CCOCCP/C(C#N)=C1/C=C(NCCCOC)CCC1. The molecule has 0 aromatic rings. The number of nitrogens with one attached hydrogen (secondary N) is 1. The molecule has 1 atom stereocenters. The molecule has 0 aromatic carbocycles. The van der Waals surface area contributed by atoms with Crippen molar-refractivity contribution in [2.45, 2.75) is 32.6 Å². The van der Waals surface area contributed by atoms with Crippen molar-refractivity contribution in [3.05, 3.63) is 22.7 Å². The van der Waals surface area contributed by atoms with Crippen molar-refractivity contribution in [2.75, 3.05) is 39.6 Å². The van der Waals surface area contributed by atoms with Crippen molar-refractivity contribution in [3.8, 4) is 6.07 Å². The molecule has 0 fully saturated rings. The molecule has 1 unspecified atom stereocenters. The lowest BCUT2D eigenvalue weighted by Crippen LogP contribution is -2.18. The van der Waals surface area contributed by atoms with Crippen LogP contribution >= 0.6 is 8.58 Å². The number of hydrogen-bond donors (Lipinski definition) is 1. The van der Waals surface area contributed by atoms with Crippen LogP contribution in [0.15, 0.2) is 22.7 Å². The highest BCUT2D eigenvalue weighted by Gasteiger charge is 2.11. The van der Waals surface area contributed by atoms with Crippen LogP contribution in [0, 0.1) is 11.3 Å². The highest BCUT2D eigenvalue weighted by molar-refractivity contribution is 7.43. The summed E-state index contributed by atoms with van der Waals surface area (Å²) >= 11 is 0. The number of ether oxygens (including phenoxy) is 2. The van der Waals surface area contributed by atoms with Crippen molar-refractivity contribution in [3.63, 3.8) is 0 Å². The zero-order valence-electron chi connectivity index (χ0n) is 13.2. The molecule has 0 amide bonds. The maximum Gasteiger partial charge on any atom is 0.0996 e. The first-order valence-corrected chi connectivity index (χ1v) is 8.90. The second-order valence-corrected chi connectivity index (χ2v) is 6.29. The summed E-state index contributed by atoms with van der Waals surface area (Å²) in [5.41, 5.74) is 2.47. The number of rotatable bonds is 10. The summed E-state index contributed by atoms with van der Waals surface area (Å²) in [5, 5.41) is 13.8. The van der Waals surface area contributed by atoms with Gasteiger partial charge in [-0.3, -0.25) is 0 Å². The molecular formula is C16H27N2O2P. The molecular weight excluding hydrogens is 283 g/mol. The molecule has 1 aliphatic rings. The Morgan fingerprint density at radius 2 is 2.29 bits per heavy atom. The van der Waals surface area contributed by atoms with Crippen LogP contribution in [0.4, 0.5) is 0 Å². The molecule has 0 aromatic heterocycles. The predicted molar refractivity (Wildman–Crippen MR) is 88.7 cm³/mol. The van der Waals surface area contributed by atoms with E-state index in [2.05, 4.69) is 17.5 Å². The molecule has 0 spiro atoms. The zero-order valence-corrected chi connectivity index (χ0v) is 14.2. The Morgan fingerprint density at radius 3 is 3.00 bits per heavy atom. The number of nitrogens with zero attached hydrogens (tertiary/aromatic N) is 1. The van der Waals surface area contributed by atoms with Crippen LogP contribution in [0.25, 0.3) is 0 Å².